The van der Waals surface area contributed by atoms with Crippen LogP contribution in [0, 0.1) is 0 Å². The normalized spacial score (nSPS) is 19.3. The Balaban J connectivity index is 0.000000412. The second-order valence-corrected chi connectivity index (χ2v) is 5.35. The summed E-state index contributed by atoms with van der Waals surface area (Å²) in [5, 5.41) is 16.2. The fourth-order valence-electron chi connectivity index (χ4n) is 2.11. The Hall–Kier alpha value is -2.82. The number of rotatable bonds is 3. The van der Waals surface area contributed by atoms with Gasteiger partial charge in [0.25, 0.3) is 0 Å². The molecule has 11 heteroatoms. The zero-order valence-corrected chi connectivity index (χ0v) is 13.3. The third-order valence-electron chi connectivity index (χ3n) is 3.30. The zero-order valence-electron chi connectivity index (χ0n) is 13.3. The van der Waals surface area contributed by atoms with Gasteiger partial charge in [-0.05, 0) is 12.0 Å². The summed E-state index contributed by atoms with van der Waals surface area (Å²) in [6.45, 7) is 0.336. The van der Waals surface area contributed by atoms with Crippen LogP contribution in [-0.4, -0.2) is 57.9 Å². The number of hydrogen-bond donors (Lipinski definition) is 3. The van der Waals surface area contributed by atoms with Crippen LogP contribution in [0.4, 0.5) is 18.0 Å². The molecule has 1 aliphatic heterocycles. The van der Waals surface area contributed by atoms with E-state index in [1.54, 1.807) is 0 Å². The van der Waals surface area contributed by atoms with E-state index in [0.717, 1.165) is 5.56 Å². The number of benzene rings is 1. The SMILES string of the molecule is N[C@H]1C[C@@H](C(=O)O)N(C(=O)OCc2ccccc2)C1.O=C(O)C(F)(F)F. The first-order valence-electron chi connectivity index (χ1n) is 7.28. The van der Waals surface area contributed by atoms with Crippen LogP contribution in [0.15, 0.2) is 30.3 Å². The van der Waals surface area contributed by atoms with Crippen LogP contribution < -0.4 is 5.73 Å². The number of aliphatic carboxylic acids is 2. The lowest BCUT2D eigenvalue weighted by Crippen LogP contribution is -2.41. The monoisotopic (exact) mass is 378 g/mol. The maximum absolute atomic E-state index is 11.9. The van der Waals surface area contributed by atoms with Gasteiger partial charge in [-0.25, -0.2) is 14.4 Å². The largest absolute Gasteiger partial charge is 0.490 e. The van der Waals surface area contributed by atoms with Crippen LogP contribution in [0.25, 0.3) is 0 Å². The van der Waals surface area contributed by atoms with Crippen molar-refractivity contribution >= 4 is 18.0 Å². The van der Waals surface area contributed by atoms with Crippen LogP contribution in [-0.2, 0) is 20.9 Å². The Kier molecular flexibility index (Phi) is 7.38. The standard InChI is InChI=1S/C13H16N2O4.C2HF3O2/c14-10-6-11(12(16)17)15(7-10)13(18)19-8-9-4-2-1-3-5-9;3-2(4,5)1(6)7/h1-5,10-11H,6-8,14H2,(H,16,17);(H,6,7)/t10-,11-;/m0./s1. The Bertz CT molecular complexity index is 638. The highest BCUT2D eigenvalue weighted by atomic mass is 19.4. The lowest BCUT2D eigenvalue weighted by molar-refractivity contribution is -0.192. The predicted octanol–water partition coefficient (Wildman–Crippen LogP) is 1.44. The molecule has 2 rings (SSSR count). The number of carbonyl (C=O) groups excluding carboxylic acids is 1. The van der Waals surface area contributed by atoms with Gasteiger partial charge in [0, 0.05) is 12.6 Å². The maximum atomic E-state index is 11.9. The van der Waals surface area contributed by atoms with E-state index >= 15 is 0 Å². The molecule has 0 radical (unpaired) electrons. The molecular formula is C15H17F3N2O6. The quantitative estimate of drug-likeness (QED) is 0.725. The van der Waals surface area contributed by atoms with Crippen molar-refractivity contribution in [3.05, 3.63) is 35.9 Å². The molecule has 1 aromatic rings. The second-order valence-electron chi connectivity index (χ2n) is 5.35. The van der Waals surface area contributed by atoms with Crippen molar-refractivity contribution in [2.24, 2.45) is 5.73 Å². The molecule has 0 aliphatic carbocycles. The maximum Gasteiger partial charge on any atom is 0.490 e. The van der Waals surface area contributed by atoms with E-state index < -0.39 is 30.2 Å². The Morgan fingerprint density at radius 3 is 2.19 bits per heavy atom. The first kappa shape index (κ1) is 21.2. The number of carboxylic acid groups (broad SMARTS) is 2. The molecular weight excluding hydrogens is 361 g/mol. The van der Waals surface area contributed by atoms with Gasteiger partial charge in [0.15, 0.2) is 0 Å². The summed E-state index contributed by atoms with van der Waals surface area (Å²) in [6.07, 6.45) is -5.46. The third-order valence-corrected chi connectivity index (χ3v) is 3.30. The van der Waals surface area contributed by atoms with Crippen molar-refractivity contribution in [3.8, 4) is 0 Å². The van der Waals surface area contributed by atoms with Crippen LogP contribution in [0.1, 0.15) is 12.0 Å². The molecule has 8 nitrogen and oxygen atoms in total. The number of amides is 1. The molecule has 1 heterocycles. The van der Waals surface area contributed by atoms with Gasteiger partial charge in [-0.2, -0.15) is 13.2 Å². The van der Waals surface area contributed by atoms with Crippen molar-refractivity contribution in [2.75, 3.05) is 6.54 Å². The van der Waals surface area contributed by atoms with E-state index in [1.165, 1.54) is 4.90 Å². The van der Waals surface area contributed by atoms with E-state index in [0.29, 0.717) is 0 Å². The van der Waals surface area contributed by atoms with E-state index in [1.807, 2.05) is 30.3 Å². The lowest BCUT2D eigenvalue weighted by atomic mass is 10.2. The average molecular weight is 378 g/mol. The topological polar surface area (TPSA) is 130 Å². The number of likely N-dealkylation sites (tertiary alicyclic amines) is 1. The van der Waals surface area contributed by atoms with Crippen molar-refractivity contribution < 1.29 is 42.5 Å². The van der Waals surface area contributed by atoms with Gasteiger partial charge < -0.3 is 20.7 Å². The van der Waals surface area contributed by atoms with Crippen LogP contribution in [0.2, 0.25) is 0 Å². The van der Waals surface area contributed by atoms with Crippen LogP contribution in [0.3, 0.4) is 0 Å². The minimum absolute atomic E-state index is 0.123. The van der Waals surface area contributed by atoms with Gasteiger partial charge >= 0.3 is 24.2 Å². The highest BCUT2D eigenvalue weighted by Crippen LogP contribution is 2.18. The molecule has 4 N–H and O–H groups in total. The van der Waals surface area contributed by atoms with E-state index in [-0.39, 0.29) is 25.6 Å². The summed E-state index contributed by atoms with van der Waals surface area (Å²) in [5.41, 5.74) is 6.54. The van der Waals surface area contributed by atoms with Gasteiger partial charge in [-0.15, -0.1) is 0 Å². The number of ether oxygens (including phenoxy) is 1. The Morgan fingerprint density at radius 1 is 1.19 bits per heavy atom. The third kappa shape index (κ3) is 6.59. The number of nitrogens with two attached hydrogens (primary N) is 1. The molecule has 1 aromatic carbocycles. The number of halogens is 3. The summed E-state index contributed by atoms with van der Waals surface area (Å²) in [5.74, 6) is -3.81. The second kappa shape index (κ2) is 9.04. The summed E-state index contributed by atoms with van der Waals surface area (Å²) in [7, 11) is 0. The Morgan fingerprint density at radius 2 is 1.73 bits per heavy atom. The van der Waals surface area contributed by atoms with Gasteiger partial charge in [-0.1, -0.05) is 30.3 Å². The molecule has 0 aromatic heterocycles. The number of carboxylic acids is 2. The van der Waals surface area contributed by atoms with Gasteiger partial charge in [0.05, 0.1) is 0 Å². The minimum Gasteiger partial charge on any atom is -0.480 e. The molecule has 0 unspecified atom stereocenters. The van der Waals surface area contributed by atoms with Crippen LogP contribution in [0.5, 0.6) is 0 Å². The van der Waals surface area contributed by atoms with Crippen molar-refractivity contribution in [1.82, 2.24) is 4.90 Å². The molecule has 1 amide bonds. The van der Waals surface area contributed by atoms with E-state index in [2.05, 4.69) is 0 Å². The fourth-order valence-corrected chi connectivity index (χ4v) is 2.11. The van der Waals surface area contributed by atoms with Gasteiger partial charge in [0.2, 0.25) is 0 Å². The molecule has 144 valence electrons. The van der Waals surface area contributed by atoms with Gasteiger partial charge in [-0.3, -0.25) is 4.90 Å². The van der Waals surface area contributed by atoms with Gasteiger partial charge in [0.1, 0.15) is 12.6 Å². The molecule has 1 aliphatic rings. The van der Waals surface area contributed by atoms with E-state index in [4.69, 9.17) is 25.5 Å². The molecule has 0 spiro atoms. The smallest absolute Gasteiger partial charge is 0.480 e. The van der Waals surface area contributed by atoms with Crippen molar-refractivity contribution in [3.63, 3.8) is 0 Å². The predicted molar refractivity (Wildman–Crippen MR) is 81.0 cm³/mol. The first-order valence-corrected chi connectivity index (χ1v) is 7.28. The minimum atomic E-state index is -5.08. The fraction of sp³-hybridized carbons (Fsp3) is 0.400. The van der Waals surface area contributed by atoms with Crippen molar-refractivity contribution in [2.45, 2.75) is 31.3 Å². The lowest BCUT2D eigenvalue weighted by Gasteiger charge is -2.20. The van der Waals surface area contributed by atoms with E-state index in [9.17, 15) is 22.8 Å². The molecule has 1 fully saturated rings. The molecule has 26 heavy (non-hydrogen) atoms. The highest BCUT2D eigenvalue weighted by Gasteiger charge is 2.39. The summed E-state index contributed by atoms with van der Waals surface area (Å²) in [4.78, 5) is 33.0. The Labute approximate surface area is 145 Å². The van der Waals surface area contributed by atoms with Crippen molar-refractivity contribution in [1.29, 1.82) is 0 Å². The number of carbonyl (C=O) groups is 3. The highest BCUT2D eigenvalue weighted by molar-refractivity contribution is 5.81. The molecule has 1 saturated heterocycles. The summed E-state index contributed by atoms with van der Waals surface area (Å²) < 4.78 is 36.8. The molecule has 0 bridgehead atoms. The zero-order chi connectivity index (χ0) is 19.9. The summed E-state index contributed by atoms with van der Waals surface area (Å²) >= 11 is 0. The number of hydrogen-bond acceptors (Lipinski definition) is 5. The first-order chi connectivity index (χ1) is 12.0. The average Bonchev–Trinajstić information content (AvgIpc) is 2.95. The number of nitrogens with zero attached hydrogens (tertiary/aromatic N) is 1. The molecule has 0 saturated carbocycles. The number of alkyl halides is 3. The summed E-state index contributed by atoms with van der Waals surface area (Å²) in [6, 6.07) is 8.01. The van der Waals surface area contributed by atoms with Crippen LogP contribution >= 0.6 is 0 Å². The molecule has 2 atom stereocenters.